The Kier molecular flexibility index (Phi) is 3.66. The summed E-state index contributed by atoms with van der Waals surface area (Å²) in [6.45, 7) is 3.87. The molecule has 0 aromatic carbocycles. The van der Waals surface area contributed by atoms with E-state index in [1.807, 2.05) is 26.0 Å². The zero-order valence-corrected chi connectivity index (χ0v) is 10.4. The fraction of sp³-hybridized carbons (Fsp3) is 0.333. The Morgan fingerprint density at radius 2 is 2.39 bits per heavy atom. The Labute approximate surface area is 105 Å². The van der Waals surface area contributed by atoms with E-state index in [0.29, 0.717) is 12.2 Å². The molecule has 94 valence electrons. The van der Waals surface area contributed by atoms with Gasteiger partial charge in [-0.3, -0.25) is 4.79 Å². The molecular weight excluding hydrogens is 230 g/mol. The average molecular weight is 245 g/mol. The molecule has 2 aromatic heterocycles. The molecule has 1 unspecified atom stereocenters. The van der Waals surface area contributed by atoms with Crippen molar-refractivity contribution in [3.63, 3.8) is 0 Å². The van der Waals surface area contributed by atoms with Crippen LogP contribution in [0.15, 0.2) is 31.0 Å². The maximum atomic E-state index is 11.8. The van der Waals surface area contributed by atoms with Crippen LogP contribution in [0, 0.1) is 6.92 Å². The monoisotopic (exact) mass is 245 g/mol. The summed E-state index contributed by atoms with van der Waals surface area (Å²) in [4.78, 5) is 19.8. The normalized spacial score (nSPS) is 12.1. The van der Waals surface area contributed by atoms with Crippen LogP contribution in [0.25, 0.3) is 0 Å². The van der Waals surface area contributed by atoms with Gasteiger partial charge in [0, 0.05) is 12.6 Å². The summed E-state index contributed by atoms with van der Waals surface area (Å²) in [6, 6.07) is 3.68. The van der Waals surface area contributed by atoms with E-state index in [1.54, 1.807) is 17.2 Å². The second kappa shape index (κ2) is 5.39. The van der Waals surface area contributed by atoms with Crippen molar-refractivity contribution in [2.75, 3.05) is 5.32 Å². The number of aryl methyl sites for hydroxylation is 1. The van der Waals surface area contributed by atoms with Gasteiger partial charge in [0.25, 0.3) is 0 Å². The van der Waals surface area contributed by atoms with E-state index < -0.39 is 0 Å². The topological polar surface area (TPSA) is 72.7 Å². The zero-order chi connectivity index (χ0) is 13.0. The third-order valence-electron chi connectivity index (χ3n) is 2.55. The van der Waals surface area contributed by atoms with Crippen LogP contribution in [0.3, 0.4) is 0 Å². The molecule has 18 heavy (non-hydrogen) atoms. The molecule has 2 heterocycles. The molecule has 1 N–H and O–H groups in total. The minimum atomic E-state index is -0.0869. The Hall–Kier alpha value is -2.24. The lowest BCUT2D eigenvalue weighted by Crippen LogP contribution is -2.18. The van der Waals surface area contributed by atoms with Crippen LogP contribution >= 0.6 is 0 Å². The highest BCUT2D eigenvalue weighted by molar-refractivity contribution is 5.90. The molecular formula is C12H15N5O. The van der Waals surface area contributed by atoms with Gasteiger partial charge in [0.05, 0.1) is 6.04 Å². The summed E-state index contributed by atoms with van der Waals surface area (Å²) < 4.78 is 1.66. The van der Waals surface area contributed by atoms with E-state index in [2.05, 4.69) is 20.4 Å². The van der Waals surface area contributed by atoms with E-state index >= 15 is 0 Å². The summed E-state index contributed by atoms with van der Waals surface area (Å²) in [5.41, 5.74) is 1.06. The van der Waals surface area contributed by atoms with Crippen molar-refractivity contribution in [2.45, 2.75) is 26.3 Å². The van der Waals surface area contributed by atoms with Crippen molar-refractivity contribution in [1.29, 1.82) is 0 Å². The third kappa shape index (κ3) is 3.13. The van der Waals surface area contributed by atoms with Crippen molar-refractivity contribution in [2.24, 2.45) is 0 Å². The Balaban J connectivity index is 1.93. The third-order valence-corrected chi connectivity index (χ3v) is 2.55. The highest BCUT2D eigenvalue weighted by Crippen LogP contribution is 2.11. The molecule has 1 atom stereocenters. The van der Waals surface area contributed by atoms with Gasteiger partial charge in [0.2, 0.25) is 5.91 Å². The van der Waals surface area contributed by atoms with E-state index in [9.17, 15) is 4.79 Å². The lowest BCUT2D eigenvalue weighted by Gasteiger charge is -2.11. The van der Waals surface area contributed by atoms with Crippen LogP contribution in [0.2, 0.25) is 0 Å². The number of nitrogens with one attached hydrogen (secondary N) is 1. The summed E-state index contributed by atoms with van der Waals surface area (Å²) in [7, 11) is 0. The minimum Gasteiger partial charge on any atom is -0.311 e. The summed E-state index contributed by atoms with van der Waals surface area (Å²) >= 11 is 0. The average Bonchev–Trinajstić information content (AvgIpc) is 2.81. The first-order chi connectivity index (χ1) is 8.65. The molecule has 2 rings (SSSR count). The van der Waals surface area contributed by atoms with Gasteiger partial charge in [-0.2, -0.15) is 5.10 Å². The van der Waals surface area contributed by atoms with Gasteiger partial charge < -0.3 is 5.32 Å². The van der Waals surface area contributed by atoms with Crippen molar-refractivity contribution in [1.82, 2.24) is 19.7 Å². The molecule has 0 aliphatic carbocycles. The fourth-order valence-electron chi connectivity index (χ4n) is 1.61. The smallest absolute Gasteiger partial charge is 0.227 e. The number of aromatic nitrogens is 4. The summed E-state index contributed by atoms with van der Waals surface area (Å²) in [5.74, 6) is 0.488. The molecule has 0 spiro atoms. The van der Waals surface area contributed by atoms with Gasteiger partial charge in [0.15, 0.2) is 0 Å². The second-order valence-electron chi connectivity index (χ2n) is 4.20. The molecule has 0 aliphatic rings. The van der Waals surface area contributed by atoms with Crippen LogP contribution in [0.1, 0.15) is 24.9 Å². The van der Waals surface area contributed by atoms with Gasteiger partial charge in [-0.15, -0.1) is 0 Å². The molecule has 2 aromatic rings. The molecule has 0 saturated carbocycles. The number of carbonyl (C=O) groups excluding carboxylic acids is 1. The Bertz CT molecular complexity index is 523. The predicted octanol–water partition coefficient (Wildman–Crippen LogP) is 1.57. The van der Waals surface area contributed by atoms with E-state index in [1.165, 1.54) is 6.33 Å². The number of rotatable bonds is 4. The van der Waals surface area contributed by atoms with Gasteiger partial charge in [0.1, 0.15) is 18.5 Å². The van der Waals surface area contributed by atoms with Crippen LogP contribution in [-0.2, 0) is 4.79 Å². The van der Waals surface area contributed by atoms with E-state index in [-0.39, 0.29) is 11.9 Å². The first-order valence-corrected chi connectivity index (χ1v) is 5.72. The highest BCUT2D eigenvalue weighted by atomic mass is 16.1. The van der Waals surface area contributed by atoms with Gasteiger partial charge in [-0.05, 0) is 31.5 Å². The van der Waals surface area contributed by atoms with E-state index in [0.717, 1.165) is 5.56 Å². The lowest BCUT2D eigenvalue weighted by molar-refractivity contribution is -0.116. The van der Waals surface area contributed by atoms with Crippen LogP contribution in [-0.4, -0.2) is 25.7 Å². The van der Waals surface area contributed by atoms with Crippen molar-refractivity contribution < 1.29 is 4.79 Å². The molecule has 0 aliphatic heterocycles. The van der Waals surface area contributed by atoms with Gasteiger partial charge in [-0.25, -0.2) is 14.6 Å². The fourth-order valence-corrected chi connectivity index (χ4v) is 1.61. The Morgan fingerprint density at radius 3 is 3.06 bits per heavy atom. The largest absolute Gasteiger partial charge is 0.311 e. The highest BCUT2D eigenvalue weighted by Gasteiger charge is 2.11. The van der Waals surface area contributed by atoms with Gasteiger partial charge in [-0.1, -0.05) is 0 Å². The van der Waals surface area contributed by atoms with E-state index in [4.69, 9.17) is 0 Å². The number of amides is 1. The lowest BCUT2D eigenvalue weighted by atomic mass is 10.2. The molecule has 0 saturated heterocycles. The first-order valence-electron chi connectivity index (χ1n) is 5.72. The first kappa shape index (κ1) is 12.2. The quantitative estimate of drug-likeness (QED) is 0.887. The number of hydrogen-bond donors (Lipinski definition) is 1. The van der Waals surface area contributed by atoms with Crippen molar-refractivity contribution >= 4 is 11.7 Å². The predicted molar refractivity (Wildman–Crippen MR) is 67.0 cm³/mol. The van der Waals surface area contributed by atoms with Crippen LogP contribution in [0.4, 0.5) is 5.82 Å². The molecule has 0 fully saturated rings. The molecule has 0 bridgehead atoms. The number of anilines is 1. The molecule has 0 radical (unpaired) electrons. The Morgan fingerprint density at radius 1 is 1.56 bits per heavy atom. The number of nitrogens with zero attached hydrogens (tertiary/aromatic N) is 4. The molecule has 1 amide bonds. The molecule has 6 nitrogen and oxygen atoms in total. The summed E-state index contributed by atoms with van der Waals surface area (Å²) in [5, 5.41) is 6.76. The molecule has 6 heteroatoms. The second-order valence-corrected chi connectivity index (χ2v) is 4.20. The van der Waals surface area contributed by atoms with Gasteiger partial charge >= 0.3 is 0 Å². The van der Waals surface area contributed by atoms with Crippen LogP contribution < -0.4 is 5.32 Å². The van der Waals surface area contributed by atoms with Crippen molar-refractivity contribution in [3.05, 3.63) is 36.5 Å². The maximum Gasteiger partial charge on any atom is 0.227 e. The van der Waals surface area contributed by atoms with Crippen LogP contribution in [0.5, 0.6) is 0 Å². The minimum absolute atomic E-state index is 0.0303. The standard InChI is InChI=1S/C12H15N5O/c1-9-3-4-14-11(5-9)16-12(18)6-10(2)17-8-13-7-15-17/h3-5,7-8,10H,6H2,1-2H3,(H,14,16,18). The van der Waals surface area contributed by atoms with Crippen molar-refractivity contribution in [3.8, 4) is 0 Å². The zero-order valence-electron chi connectivity index (χ0n) is 10.4. The maximum absolute atomic E-state index is 11.8. The summed E-state index contributed by atoms with van der Waals surface area (Å²) in [6.07, 6.45) is 5.06. The number of pyridine rings is 1. The number of carbonyl (C=O) groups is 1. The number of hydrogen-bond acceptors (Lipinski definition) is 4. The SMILES string of the molecule is Cc1ccnc(NC(=O)CC(C)n2cncn2)c1.